The molecule has 0 saturated heterocycles. The summed E-state index contributed by atoms with van der Waals surface area (Å²) in [6.07, 6.45) is 4.62. The second-order valence-corrected chi connectivity index (χ2v) is 7.17. The van der Waals surface area contributed by atoms with E-state index in [2.05, 4.69) is 21.7 Å². The first-order valence-corrected chi connectivity index (χ1v) is 9.62. The number of allylic oxidation sites excluding steroid dienone is 1. The maximum Gasteiger partial charge on any atom is 0.149 e. The fourth-order valence-corrected chi connectivity index (χ4v) is 3.77. The third-order valence-electron chi connectivity index (χ3n) is 5.14. The summed E-state index contributed by atoms with van der Waals surface area (Å²) in [7, 11) is 1.62. The van der Waals surface area contributed by atoms with Crippen LogP contribution >= 0.6 is 0 Å². The first-order chi connectivity index (χ1) is 14.0. The van der Waals surface area contributed by atoms with Crippen molar-refractivity contribution in [3.63, 3.8) is 0 Å². The van der Waals surface area contributed by atoms with Gasteiger partial charge in [0.15, 0.2) is 0 Å². The zero-order valence-corrected chi connectivity index (χ0v) is 16.8. The number of rotatable bonds is 6. The summed E-state index contributed by atoms with van der Waals surface area (Å²) >= 11 is 0. The van der Waals surface area contributed by atoms with Crippen LogP contribution in [0.4, 0.5) is 8.78 Å². The Hall–Kier alpha value is -2.87. The van der Waals surface area contributed by atoms with Crippen molar-refractivity contribution < 1.29 is 18.4 Å². The molecule has 4 rings (SSSR count). The van der Waals surface area contributed by atoms with Crippen LogP contribution in [0.3, 0.4) is 0 Å². The summed E-state index contributed by atoms with van der Waals surface area (Å²) < 4.78 is 34.0. The number of fused-ring (bicyclic) bond motifs is 2. The highest BCUT2D eigenvalue weighted by Crippen LogP contribution is 2.37. The molecule has 0 unspecified atom stereocenters. The predicted molar refractivity (Wildman–Crippen MR) is 105 cm³/mol. The average Bonchev–Trinajstić information content (AvgIpc) is 3.12. The minimum Gasteiger partial charge on any atom is -0.486 e. The van der Waals surface area contributed by atoms with Crippen LogP contribution in [-0.4, -0.2) is 47.9 Å². The molecular formula is C21H24F2N4O2. The largest absolute Gasteiger partial charge is 0.486 e. The van der Waals surface area contributed by atoms with Gasteiger partial charge in [-0.3, -0.25) is 4.84 Å². The zero-order chi connectivity index (χ0) is 20.5. The van der Waals surface area contributed by atoms with E-state index >= 15 is 0 Å². The minimum atomic E-state index is -0.617. The molecule has 0 fully saturated rings. The van der Waals surface area contributed by atoms with Crippen molar-refractivity contribution in [2.24, 2.45) is 4.99 Å². The van der Waals surface area contributed by atoms with Gasteiger partial charge in [-0.1, -0.05) is 13.0 Å². The second-order valence-electron chi connectivity index (χ2n) is 7.17. The molecule has 3 aliphatic rings. The number of hydrogen-bond donors (Lipinski definition) is 0. The quantitative estimate of drug-likeness (QED) is 0.726. The highest BCUT2D eigenvalue weighted by atomic mass is 19.1. The van der Waals surface area contributed by atoms with Gasteiger partial charge in [-0.05, 0) is 31.1 Å². The molecule has 0 aliphatic carbocycles. The fourth-order valence-electron chi connectivity index (χ4n) is 3.77. The van der Waals surface area contributed by atoms with Crippen LogP contribution in [0, 0.1) is 11.6 Å². The van der Waals surface area contributed by atoms with E-state index in [9.17, 15) is 8.78 Å². The lowest BCUT2D eigenvalue weighted by atomic mass is 10.1. The summed E-state index contributed by atoms with van der Waals surface area (Å²) in [6.45, 7) is 5.95. The van der Waals surface area contributed by atoms with Crippen molar-refractivity contribution in [3.8, 4) is 0 Å². The molecule has 0 saturated carbocycles. The van der Waals surface area contributed by atoms with E-state index in [-0.39, 0.29) is 12.2 Å². The lowest BCUT2D eigenvalue weighted by Gasteiger charge is -2.40. The molecule has 1 aromatic carbocycles. The molecule has 0 amide bonds. The topological polar surface area (TPSA) is 40.5 Å². The summed E-state index contributed by atoms with van der Waals surface area (Å²) in [4.78, 5) is 14.3. The van der Waals surface area contributed by atoms with Crippen molar-refractivity contribution in [3.05, 3.63) is 70.1 Å². The lowest BCUT2D eigenvalue weighted by molar-refractivity contribution is -0.0972. The Morgan fingerprint density at radius 1 is 1.21 bits per heavy atom. The SMILES string of the molecule is CCCN1CC(C)=C(OCc2c(F)cccc2F)C2=C1N1CN(OC)C=C1C=N2. The molecular weight excluding hydrogens is 378 g/mol. The number of nitrogens with zero attached hydrogens (tertiary/aromatic N) is 4. The Morgan fingerprint density at radius 2 is 1.97 bits per heavy atom. The standard InChI is InChI=1S/C21H24F2N4O2/c1-4-8-25-10-14(2)20(29-12-16-17(22)6-5-7-18(16)23)19-21(25)27-13-26(28-3)11-15(27)9-24-19/h5-7,9,11H,4,8,10,12-13H2,1-3H3. The van der Waals surface area contributed by atoms with Gasteiger partial charge in [0.1, 0.15) is 42.2 Å². The predicted octanol–water partition coefficient (Wildman–Crippen LogP) is 3.71. The number of aliphatic imine (C=N–C) groups is 1. The summed E-state index contributed by atoms with van der Waals surface area (Å²) in [5, 5.41) is 1.72. The van der Waals surface area contributed by atoms with E-state index in [4.69, 9.17) is 9.57 Å². The van der Waals surface area contributed by atoms with Crippen molar-refractivity contribution in [2.75, 3.05) is 26.9 Å². The summed E-state index contributed by atoms with van der Waals surface area (Å²) in [5.41, 5.74) is 2.49. The van der Waals surface area contributed by atoms with Gasteiger partial charge in [0.25, 0.3) is 0 Å². The molecule has 154 valence electrons. The Morgan fingerprint density at radius 3 is 2.66 bits per heavy atom. The Bertz CT molecular complexity index is 918. The summed E-state index contributed by atoms with van der Waals surface area (Å²) in [6, 6.07) is 3.81. The van der Waals surface area contributed by atoms with E-state index < -0.39 is 11.6 Å². The number of halogens is 2. The highest BCUT2D eigenvalue weighted by molar-refractivity contribution is 5.82. The molecule has 0 N–H and O–H groups in total. The van der Waals surface area contributed by atoms with Gasteiger partial charge < -0.3 is 14.5 Å². The van der Waals surface area contributed by atoms with E-state index in [1.165, 1.54) is 18.2 Å². The zero-order valence-electron chi connectivity index (χ0n) is 16.8. The fraction of sp³-hybridized carbons (Fsp3) is 0.381. The van der Waals surface area contributed by atoms with Crippen LogP contribution in [0.5, 0.6) is 0 Å². The van der Waals surface area contributed by atoms with E-state index in [0.29, 0.717) is 24.7 Å². The van der Waals surface area contributed by atoms with Gasteiger partial charge in [-0.2, -0.15) is 0 Å². The molecule has 3 aliphatic heterocycles. The summed E-state index contributed by atoms with van der Waals surface area (Å²) in [5.74, 6) is 0.262. The van der Waals surface area contributed by atoms with Crippen molar-refractivity contribution >= 4 is 6.21 Å². The molecule has 0 bridgehead atoms. The van der Waals surface area contributed by atoms with Crippen molar-refractivity contribution in [1.29, 1.82) is 0 Å². The van der Waals surface area contributed by atoms with Crippen LogP contribution in [0.25, 0.3) is 0 Å². The highest BCUT2D eigenvalue weighted by Gasteiger charge is 2.36. The number of hydroxylamine groups is 2. The van der Waals surface area contributed by atoms with E-state index in [1.54, 1.807) is 18.4 Å². The molecule has 3 heterocycles. The number of hydrogen-bond acceptors (Lipinski definition) is 6. The van der Waals surface area contributed by atoms with Gasteiger partial charge in [0, 0.05) is 13.1 Å². The molecule has 1 aromatic rings. The molecule has 29 heavy (non-hydrogen) atoms. The molecule has 0 atom stereocenters. The maximum atomic E-state index is 14.0. The Kier molecular flexibility index (Phi) is 5.27. The van der Waals surface area contributed by atoms with Gasteiger partial charge in [0.05, 0.1) is 30.8 Å². The van der Waals surface area contributed by atoms with Crippen LogP contribution < -0.4 is 0 Å². The second kappa shape index (κ2) is 7.87. The number of benzene rings is 1. The normalized spacial score (nSPS) is 18.4. The Labute approximate surface area is 169 Å². The number of ether oxygens (including phenoxy) is 1. The van der Waals surface area contributed by atoms with Gasteiger partial charge in [0.2, 0.25) is 0 Å². The van der Waals surface area contributed by atoms with Crippen LogP contribution in [0.15, 0.2) is 57.9 Å². The van der Waals surface area contributed by atoms with Gasteiger partial charge in [-0.15, -0.1) is 0 Å². The molecule has 0 aromatic heterocycles. The molecule has 8 heteroatoms. The molecule has 0 spiro atoms. The lowest BCUT2D eigenvalue weighted by Crippen LogP contribution is -2.42. The Balaban J connectivity index is 1.67. The van der Waals surface area contributed by atoms with Crippen LogP contribution in [0.2, 0.25) is 0 Å². The van der Waals surface area contributed by atoms with E-state index in [1.807, 2.05) is 13.1 Å². The van der Waals surface area contributed by atoms with Crippen LogP contribution in [-0.2, 0) is 16.2 Å². The van der Waals surface area contributed by atoms with Crippen LogP contribution in [0.1, 0.15) is 25.8 Å². The molecule has 0 radical (unpaired) electrons. The average molecular weight is 402 g/mol. The maximum absolute atomic E-state index is 14.0. The smallest absolute Gasteiger partial charge is 0.149 e. The first kappa shape index (κ1) is 19.4. The van der Waals surface area contributed by atoms with Crippen molar-refractivity contribution in [2.45, 2.75) is 26.9 Å². The third-order valence-corrected chi connectivity index (χ3v) is 5.14. The minimum absolute atomic E-state index is 0.0851. The molecule has 6 nitrogen and oxygen atoms in total. The van der Waals surface area contributed by atoms with Crippen molar-refractivity contribution in [1.82, 2.24) is 14.9 Å². The third kappa shape index (κ3) is 3.48. The monoisotopic (exact) mass is 402 g/mol. The van der Waals surface area contributed by atoms with Gasteiger partial charge in [-0.25, -0.2) is 18.8 Å². The first-order valence-electron chi connectivity index (χ1n) is 9.62. The van der Waals surface area contributed by atoms with E-state index in [0.717, 1.165) is 30.1 Å². The van der Waals surface area contributed by atoms with Gasteiger partial charge >= 0.3 is 0 Å².